The second-order valence-electron chi connectivity index (χ2n) is 11.6. The zero-order chi connectivity index (χ0) is 30.6. The molecule has 43 heavy (non-hydrogen) atoms. The van der Waals surface area contributed by atoms with Crippen molar-refractivity contribution in [2.75, 3.05) is 6.54 Å². The van der Waals surface area contributed by atoms with Crippen molar-refractivity contribution >= 4 is 11.8 Å². The van der Waals surface area contributed by atoms with E-state index in [4.69, 9.17) is 15.3 Å². The molecule has 0 aliphatic carbocycles. The predicted octanol–water partition coefficient (Wildman–Crippen LogP) is 4.09. The maximum absolute atomic E-state index is 14.6. The fraction of sp³-hybridized carbons (Fsp3) is 0.387. The van der Waals surface area contributed by atoms with Crippen LogP contribution >= 0.6 is 0 Å². The van der Waals surface area contributed by atoms with Crippen LogP contribution in [0.5, 0.6) is 5.75 Å². The van der Waals surface area contributed by atoms with Gasteiger partial charge in [-0.05, 0) is 38.7 Å². The molecule has 3 aromatic rings. The van der Waals surface area contributed by atoms with Crippen LogP contribution in [0.1, 0.15) is 71.1 Å². The number of hydroxylamine groups is 2. The van der Waals surface area contributed by atoms with Gasteiger partial charge in [0.15, 0.2) is 11.4 Å². The van der Waals surface area contributed by atoms with Crippen molar-refractivity contribution in [2.24, 2.45) is 5.73 Å². The number of nitrogens with zero attached hydrogens (tertiary/aromatic N) is 3. The van der Waals surface area contributed by atoms with E-state index in [9.17, 15) is 27.6 Å². The maximum atomic E-state index is 14.6. The first-order chi connectivity index (χ1) is 20.5. The zero-order valence-corrected chi connectivity index (χ0v) is 23.7. The van der Waals surface area contributed by atoms with Crippen molar-refractivity contribution in [1.29, 1.82) is 0 Å². The van der Waals surface area contributed by atoms with Gasteiger partial charge in [-0.25, -0.2) is 13.2 Å². The molecule has 2 fully saturated rings. The normalized spacial score (nSPS) is 25.1. The molecular weight excluding hydrogens is 565 g/mol. The Hall–Kier alpha value is -4.16. The number of benzene rings is 2. The van der Waals surface area contributed by atoms with E-state index in [1.54, 1.807) is 21.6 Å². The highest BCUT2D eigenvalue weighted by Crippen LogP contribution is 2.49. The Morgan fingerprint density at radius 1 is 1.09 bits per heavy atom. The summed E-state index contributed by atoms with van der Waals surface area (Å²) < 4.78 is 50.3. The summed E-state index contributed by atoms with van der Waals surface area (Å²) in [6, 6.07) is 9.17. The fourth-order valence-electron chi connectivity index (χ4n) is 6.55. The molecule has 3 aliphatic heterocycles. The number of nitrogens with two attached hydrogens (primary N) is 1. The van der Waals surface area contributed by atoms with E-state index < -0.39 is 46.3 Å². The van der Waals surface area contributed by atoms with Crippen LogP contribution in [0.25, 0.3) is 0 Å². The SMILES string of the molecule is CC1C[C@]2(CC[C@H](C)N3C[C@H]2n2cc(C(N)=O)c(=O)c(OCc4ccccc4)c2C3=O)ON1Cc1c(F)cc(F)cc1F. The number of rotatable bonds is 6. The first kappa shape index (κ1) is 28.9. The lowest BCUT2D eigenvalue weighted by molar-refractivity contribution is -0.226. The summed E-state index contributed by atoms with van der Waals surface area (Å²) >= 11 is 0. The van der Waals surface area contributed by atoms with Crippen LogP contribution in [0, 0.1) is 17.5 Å². The summed E-state index contributed by atoms with van der Waals surface area (Å²) in [6.45, 7) is 3.65. The van der Waals surface area contributed by atoms with Crippen LogP contribution in [0.15, 0.2) is 53.5 Å². The van der Waals surface area contributed by atoms with Gasteiger partial charge < -0.3 is 19.9 Å². The standard InChI is InChI=1S/C31H31F3N4O5/c1-17-8-9-31(12-18(2)38(43-31)14-21-23(33)10-20(32)11-24(21)34)25-15-36(17)30(41)26-28(42-16-19-6-4-3-5-7-19)27(39)22(29(35)40)13-37(25)26/h3-7,10-11,13,17-18,25H,8-9,12,14-16H2,1-2H3,(H2,35,40)/t17-,18?,25+,31-/m0/s1. The van der Waals surface area contributed by atoms with Gasteiger partial charge in [0.25, 0.3) is 11.8 Å². The number of pyridine rings is 1. The van der Waals surface area contributed by atoms with Crippen molar-refractivity contribution in [3.63, 3.8) is 0 Å². The fourth-order valence-corrected chi connectivity index (χ4v) is 6.55. The summed E-state index contributed by atoms with van der Waals surface area (Å²) in [6.07, 6.45) is 2.72. The maximum Gasteiger partial charge on any atom is 0.274 e. The summed E-state index contributed by atoms with van der Waals surface area (Å²) in [4.78, 5) is 48.1. The van der Waals surface area contributed by atoms with Crippen LogP contribution in [0.4, 0.5) is 13.2 Å². The Labute approximate surface area is 245 Å². The predicted molar refractivity (Wildman–Crippen MR) is 149 cm³/mol. The summed E-state index contributed by atoms with van der Waals surface area (Å²) in [7, 11) is 0. The second-order valence-corrected chi connectivity index (χ2v) is 11.6. The lowest BCUT2D eigenvalue weighted by Crippen LogP contribution is -2.52. The summed E-state index contributed by atoms with van der Waals surface area (Å²) in [5.74, 6) is -4.73. The van der Waals surface area contributed by atoms with E-state index in [-0.39, 0.29) is 54.4 Å². The minimum absolute atomic E-state index is 0.0133. The highest BCUT2D eigenvalue weighted by molar-refractivity contribution is 5.99. The van der Waals surface area contributed by atoms with E-state index >= 15 is 0 Å². The molecule has 9 nitrogen and oxygen atoms in total. The van der Waals surface area contributed by atoms with Crippen molar-refractivity contribution in [1.82, 2.24) is 14.5 Å². The van der Waals surface area contributed by atoms with Gasteiger partial charge in [-0.2, -0.15) is 5.06 Å². The van der Waals surface area contributed by atoms with E-state index in [2.05, 4.69) is 0 Å². The smallest absolute Gasteiger partial charge is 0.274 e. The molecule has 6 rings (SSSR count). The van der Waals surface area contributed by atoms with E-state index in [1.165, 1.54) is 11.3 Å². The Bertz CT molecular complexity index is 1640. The quantitative estimate of drug-likeness (QED) is 0.460. The number of amides is 2. The van der Waals surface area contributed by atoms with Crippen LogP contribution in [0.3, 0.4) is 0 Å². The molecule has 2 amide bonds. The molecular formula is C31H31F3N4O5. The molecule has 2 aromatic carbocycles. The highest BCUT2D eigenvalue weighted by atomic mass is 19.1. The first-order valence-electron chi connectivity index (χ1n) is 14.1. The number of aromatic nitrogens is 1. The monoisotopic (exact) mass is 596 g/mol. The number of primary amides is 1. The van der Waals surface area contributed by atoms with Gasteiger partial charge in [0.05, 0.1) is 12.6 Å². The van der Waals surface area contributed by atoms with Gasteiger partial charge in [-0.15, -0.1) is 0 Å². The lowest BCUT2D eigenvalue weighted by atomic mass is 9.84. The minimum atomic E-state index is -1.02. The Kier molecular flexibility index (Phi) is 7.29. The van der Waals surface area contributed by atoms with E-state index in [0.717, 1.165) is 5.56 Å². The molecule has 4 atom stereocenters. The van der Waals surface area contributed by atoms with Crippen LogP contribution < -0.4 is 15.9 Å². The summed E-state index contributed by atoms with van der Waals surface area (Å²) in [5, 5.41) is 1.47. The van der Waals surface area contributed by atoms with Crippen LogP contribution in [-0.2, 0) is 18.0 Å². The lowest BCUT2D eigenvalue weighted by Gasteiger charge is -2.43. The number of carbonyl (C=O) groups excluding carboxylic acids is 2. The minimum Gasteiger partial charge on any atom is -0.483 e. The Morgan fingerprint density at radius 3 is 2.47 bits per heavy atom. The molecule has 1 aromatic heterocycles. The van der Waals surface area contributed by atoms with E-state index in [0.29, 0.717) is 31.4 Å². The zero-order valence-electron chi connectivity index (χ0n) is 23.7. The van der Waals surface area contributed by atoms with Gasteiger partial charge in [0.1, 0.15) is 35.2 Å². The average molecular weight is 597 g/mol. The van der Waals surface area contributed by atoms with Crippen molar-refractivity contribution in [3.8, 4) is 5.75 Å². The average Bonchev–Trinajstić information content (AvgIpc) is 3.22. The van der Waals surface area contributed by atoms with Gasteiger partial charge in [0, 0.05) is 42.5 Å². The molecule has 226 valence electrons. The van der Waals surface area contributed by atoms with Gasteiger partial charge in [-0.1, -0.05) is 30.3 Å². The van der Waals surface area contributed by atoms with Gasteiger partial charge in [0.2, 0.25) is 5.43 Å². The number of hydrogen-bond donors (Lipinski definition) is 1. The second kappa shape index (κ2) is 10.8. The topological polar surface area (TPSA) is 107 Å². The molecule has 0 saturated carbocycles. The molecule has 12 heteroatoms. The molecule has 1 spiro atoms. The van der Waals surface area contributed by atoms with Crippen molar-refractivity contribution in [2.45, 2.75) is 70.0 Å². The molecule has 2 saturated heterocycles. The molecule has 3 aliphatic rings. The third-order valence-corrected chi connectivity index (χ3v) is 8.83. The molecule has 0 radical (unpaired) electrons. The number of hydrogen-bond acceptors (Lipinski definition) is 6. The number of ether oxygens (including phenoxy) is 1. The molecule has 2 N–H and O–H groups in total. The molecule has 2 bridgehead atoms. The van der Waals surface area contributed by atoms with Gasteiger partial charge in [-0.3, -0.25) is 19.2 Å². The van der Waals surface area contributed by atoms with Crippen molar-refractivity contribution in [3.05, 3.63) is 98.7 Å². The first-order valence-corrected chi connectivity index (χ1v) is 14.1. The molecule has 4 heterocycles. The highest BCUT2D eigenvalue weighted by Gasteiger charge is 2.56. The summed E-state index contributed by atoms with van der Waals surface area (Å²) in [5.41, 5.74) is 3.92. The van der Waals surface area contributed by atoms with E-state index in [1.807, 2.05) is 32.0 Å². The molecule has 1 unspecified atom stereocenters. The number of carbonyl (C=O) groups is 2. The number of fused-ring (bicyclic) bond motifs is 5. The van der Waals surface area contributed by atoms with Crippen molar-refractivity contribution < 1.29 is 32.3 Å². The van der Waals surface area contributed by atoms with Crippen LogP contribution in [0.2, 0.25) is 0 Å². The number of halogens is 3. The third kappa shape index (κ3) is 4.98. The van der Waals surface area contributed by atoms with Gasteiger partial charge >= 0.3 is 0 Å². The Balaban J connectivity index is 1.44. The largest absolute Gasteiger partial charge is 0.483 e. The third-order valence-electron chi connectivity index (χ3n) is 8.83. The van der Waals surface area contributed by atoms with Crippen LogP contribution in [-0.4, -0.2) is 50.6 Å². The Morgan fingerprint density at radius 2 is 1.79 bits per heavy atom.